The van der Waals surface area contributed by atoms with E-state index in [1.54, 1.807) is 13.1 Å². The first-order chi connectivity index (χ1) is 12.2. The Kier molecular flexibility index (Phi) is 5.22. The number of aromatic nitrogens is 2. The molecule has 1 aromatic heterocycles. The molecule has 0 aliphatic heterocycles. The molecule has 1 saturated carbocycles. The van der Waals surface area contributed by atoms with Crippen LogP contribution in [0, 0.1) is 11.3 Å². The molecule has 1 aliphatic carbocycles. The van der Waals surface area contributed by atoms with E-state index in [0.717, 1.165) is 35.4 Å². The van der Waals surface area contributed by atoms with Crippen LogP contribution in [0.15, 0.2) is 24.4 Å². The van der Waals surface area contributed by atoms with Crippen LogP contribution in [0.1, 0.15) is 59.2 Å². The summed E-state index contributed by atoms with van der Waals surface area (Å²) < 4.78 is 6.22. The Morgan fingerprint density at radius 1 is 1.15 bits per heavy atom. The van der Waals surface area contributed by atoms with Gasteiger partial charge in [0.25, 0.3) is 0 Å². The van der Waals surface area contributed by atoms with Crippen molar-refractivity contribution < 1.29 is 9.84 Å². The van der Waals surface area contributed by atoms with Crippen molar-refractivity contribution in [2.24, 2.45) is 17.1 Å². The van der Waals surface area contributed by atoms with E-state index in [-0.39, 0.29) is 12.7 Å². The second-order valence-corrected chi connectivity index (χ2v) is 8.95. The molecule has 2 aromatic rings. The number of nitrogens with two attached hydrogens (primary N) is 1. The highest BCUT2D eigenvalue weighted by molar-refractivity contribution is 5.79. The van der Waals surface area contributed by atoms with Gasteiger partial charge < -0.3 is 15.6 Å². The fourth-order valence-corrected chi connectivity index (χ4v) is 3.67. The molecule has 1 aliphatic rings. The van der Waals surface area contributed by atoms with Gasteiger partial charge in [0, 0.05) is 11.6 Å². The normalized spacial score (nSPS) is 23.6. The third-order valence-electron chi connectivity index (χ3n) is 5.59. The zero-order valence-corrected chi connectivity index (χ0v) is 16.3. The number of benzene rings is 1. The highest BCUT2D eigenvalue weighted by Gasteiger charge is 2.30. The van der Waals surface area contributed by atoms with Crippen LogP contribution < -0.4 is 10.5 Å². The summed E-state index contributed by atoms with van der Waals surface area (Å²) in [6.07, 6.45) is 6.71. The van der Waals surface area contributed by atoms with Crippen LogP contribution in [-0.4, -0.2) is 27.8 Å². The monoisotopic (exact) mass is 357 g/mol. The lowest BCUT2D eigenvalue weighted by molar-refractivity contribution is 0.0883. The molecule has 3 rings (SSSR count). The standard InChI is InChI=1S/C21H31N3O2/c1-20(2,3)15-5-7-16(8-6-15)26-17-9-10-18-14(11-17)12-23-19(24-18)21(4,22)13-25/h9-12,15-16,25H,5-8,13,22H2,1-4H3. The van der Waals surface area contributed by atoms with Crippen molar-refractivity contribution in [1.29, 1.82) is 0 Å². The first kappa shape index (κ1) is 19.1. The van der Waals surface area contributed by atoms with Gasteiger partial charge in [-0.3, -0.25) is 0 Å². The number of hydrogen-bond donors (Lipinski definition) is 2. The molecule has 1 fully saturated rings. The molecule has 0 amide bonds. The van der Waals surface area contributed by atoms with E-state index in [0.29, 0.717) is 11.2 Å². The number of nitrogens with zero attached hydrogens (tertiary/aromatic N) is 2. The Bertz CT molecular complexity index is 759. The van der Waals surface area contributed by atoms with Crippen molar-refractivity contribution in [3.8, 4) is 5.75 Å². The summed E-state index contributed by atoms with van der Waals surface area (Å²) in [5, 5.41) is 10.3. The number of aliphatic hydroxyl groups is 1. The van der Waals surface area contributed by atoms with Crippen molar-refractivity contribution in [2.75, 3.05) is 6.61 Å². The summed E-state index contributed by atoms with van der Waals surface area (Å²) in [7, 11) is 0. The molecule has 5 heteroatoms. The largest absolute Gasteiger partial charge is 0.490 e. The Labute approximate surface area is 156 Å². The number of hydrogen-bond acceptors (Lipinski definition) is 5. The van der Waals surface area contributed by atoms with Crippen molar-refractivity contribution >= 4 is 10.9 Å². The summed E-state index contributed by atoms with van der Waals surface area (Å²) in [5.74, 6) is 2.09. The fraction of sp³-hybridized carbons (Fsp3) is 0.619. The van der Waals surface area contributed by atoms with E-state index in [9.17, 15) is 5.11 Å². The van der Waals surface area contributed by atoms with Crippen molar-refractivity contribution in [3.63, 3.8) is 0 Å². The lowest BCUT2D eigenvalue weighted by Crippen LogP contribution is -2.38. The van der Waals surface area contributed by atoms with E-state index >= 15 is 0 Å². The zero-order valence-electron chi connectivity index (χ0n) is 16.3. The Hall–Kier alpha value is -1.72. The number of fused-ring (bicyclic) bond motifs is 1. The smallest absolute Gasteiger partial charge is 0.150 e. The molecule has 1 aromatic carbocycles. The molecule has 1 heterocycles. The average Bonchev–Trinajstić information content (AvgIpc) is 2.61. The van der Waals surface area contributed by atoms with Gasteiger partial charge in [-0.1, -0.05) is 20.8 Å². The minimum Gasteiger partial charge on any atom is -0.490 e. The van der Waals surface area contributed by atoms with Gasteiger partial charge in [0.1, 0.15) is 5.75 Å². The first-order valence-corrected chi connectivity index (χ1v) is 9.53. The summed E-state index contributed by atoms with van der Waals surface area (Å²) in [4.78, 5) is 8.81. The topological polar surface area (TPSA) is 81.3 Å². The predicted molar refractivity (Wildman–Crippen MR) is 104 cm³/mol. The van der Waals surface area contributed by atoms with Gasteiger partial charge in [0.05, 0.1) is 23.8 Å². The molecular weight excluding hydrogens is 326 g/mol. The van der Waals surface area contributed by atoms with Gasteiger partial charge in [0.15, 0.2) is 5.82 Å². The molecule has 5 nitrogen and oxygen atoms in total. The molecular formula is C21H31N3O2. The first-order valence-electron chi connectivity index (χ1n) is 9.53. The molecule has 0 bridgehead atoms. The van der Waals surface area contributed by atoms with Gasteiger partial charge >= 0.3 is 0 Å². The molecule has 26 heavy (non-hydrogen) atoms. The molecule has 0 radical (unpaired) electrons. The Balaban J connectivity index is 1.69. The summed E-state index contributed by atoms with van der Waals surface area (Å²) >= 11 is 0. The van der Waals surface area contributed by atoms with E-state index < -0.39 is 5.54 Å². The van der Waals surface area contributed by atoms with Gasteiger partial charge in [0.2, 0.25) is 0 Å². The van der Waals surface area contributed by atoms with Crippen LogP contribution in [0.5, 0.6) is 5.75 Å². The maximum Gasteiger partial charge on any atom is 0.150 e. The van der Waals surface area contributed by atoms with Crippen LogP contribution in [0.4, 0.5) is 0 Å². The molecule has 1 unspecified atom stereocenters. The summed E-state index contributed by atoms with van der Waals surface area (Å²) in [5.41, 5.74) is 6.28. The fourth-order valence-electron chi connectivity index (χ4n) is 3.67. The number of rotatable bonds is 4. The van der Waals surface area contributed by atoms with Crippen molar-refractivity contribution in [2.45, 2.75) is 65.0 Å². The average molecular weight is 357 g/mol. The highest BCUT2D eigenvalue weighted by Crippen LogP contribution is 2.38. The number of aliphatic hydroxyl groups excluding tert-OH is 1. The molecule has 142 valence electrons. The van der Waals surface area contributed by atoms with Crippen LogP contribution >= 0.6 is 0 Å². The second kappa shape index (κ2) is 7.12. The third kappa shape index (κ3) is 4.15. The van der Waals surface area contributed by atoms with Crippen molar-refractivity contribution in [3.05, 3.63) is 30.2 Å². The Morgan fingerprint density at radius 2 is 1.85 bits per heavy atom. The van der Waals surface area contributed by atoms with E-state index in [2.05, 4.69) is 30.7 Å². The molecule has 0 spiro atoms. The molecule has 1 atom stereocenters. The third-order valence-corrected chi connectivity index (χ3v) is 5.59. The van der Waals surface area contributed by atoms with Gasteiger partial charge in [-0.05, 0) is 62.1 Å². The minimum atomic E-state index is -0.935. The minimum absolute atomic E-state index is 0.197. The SMILES string of the molecule is CC(N)(CO)c1ncc2cc(OC3CCC(C(C)(C)C)CC3)ccc2n1. The van der Waals surface area contributed by atoms with Crippen LogP contribution in [0.2, 0.25) is 0 Å². The lowest BCUT2D eigenvalue weighted by atomic mass is 9.72. The van der Waals surface area contributed by atoms with Crippen LogP contribution in [0.25, 0.3) is 10.9 Å². The molecule has 0 saturated heterocycles. The summed E-state index contributed by atoms with van der Waals surface area (Å²) in [6, 6.07) is 5.88. The van der Waals surface area contributed by atoms with E-state index in [1.165, 1.54) is 12.8 Å². The van der Waals surface area contributed by atoms with E-state index in [1.807, 2.05) is 18.2 Å². The van der Waals surface area contributed by atoms with Crippen molar-refractivity contribution in [1.82, 2.24) is 9.97 Å². The van der Waals surface area contributed by atoms with E-state index in [4.69, 9.17) is 10.5 Å². The zero-order chi connectivity index (χ0) is 18.9. The quantitative estimate of drug-likeness (QED) is 0.870. The molecule has 3 N–H and O–H groups in total. The lowest BCUT2D eigenvalue weighted by Gasteiger charge is -2.36. The van der Waals surface area contributed by atoms with Gasteiger partial charge in [-0.2, -0.15) is 0 Å². The predicted octanol–water partition coefficient (Wildman–Crippen LogP) is 3.78. The second-order valence-electron chi connectivity index (χ2n) is 8.95. The maximum atomic E-state index is 9.39. The van der Waals surface area contributed by atoms with Crippen LogP contribution in [0.3, 0.4) is 0 Å². The highest BCUT2D eigenvalue weighted by atomic mass is 16.5. The Morgan fingerprint density at radius 3 is 2.46 bits per heavy atom. The van der Waals surface area contributed by atoms with Gasteiger partial charge in [-0.15, -0.1) is 0 Å². The maximum absolute atomic E-state index is 9.39. The number of ether oxygens (including phenoxy) is 1. The van der Waals surface area contributed by atoms with Gasteiger partial charge in [-0.25, -0.2) is 9.97 Å². The van der Waals surface area contributed by atoms with Crippen LogP contribution in [-0.2, 0) is 5.54 Å². The summed E-state index contributed by atoms with van der Waals surface area (Å²) in [6.45, 7) is 8.52.